The first-order chi connectivity index (χ1) is 11.1. The van der Waals surface area contributed by atoms with Gasteiger partial charge in [-0.2, -0.15) is 0 Å². The highest BCUT2D eigenvalue weighted by Crippen LogP contribution is 2.29. The lowest BCUT2D eigenvalue weighted by Gasteiger charge is -2.18. The van der Waals surface area contributed by atoms with E-state index in [1.807, 2.05) is 0 Å². The number of nitro groups is 1. The highest BCUT2D eigenvalue weighted by Gasteiger charge is 2.25. The second-order valence-corrected chi connectivity index (χ2v) is 6.57. The zero-order valence-electron chi connectivity index (χ0n) is 13.2. The van der Waals surface area contributed by atoms with Gasteiger partial charge in [0.25, 0.3) is 11.6 Å². The average molecular weight is 317 g/mol. The van der Waals surface area contributed by atoms with Gasteiger partial charge in [-0.3, -0.25) is 14.9 Å². The van der Waals surface area contributed by atoms with Crippen LogP contribution in [0.25, 0.3) is 0 Å². The summed E-state index contributed by atoms with van der Waals surface area (Å²) in [6.45, 7) is 0. The van der Waals surface area contributed by atoms with Crippen molar-refractivity contribution in [2.24, 2.45) is 0 Å². The Kier molecular flexibility index (Phi) is 4.79. The third-order valence-electron chi connectivity index (χ3n) is 4.58. The molecule has 0 atom stereocenters. The second-order valence-electron chi connectivity index (χ2n) is 6.57. The van der Waals surface area contributed by atoms with Crippen LogP contribution in [0.5, 0.6) is 0 Å². The van der Waals surface area contributed by atoms with Gasteiger partial charge in [-0.05, 0) is 37.8 Å². The first-order valence-corrected chi connectivity index (χ1v) is 8.49. The minimum Gasteiger partial charge on any atom is -0.377 e. The zero-order chi connectivity index (χ0) is 16.2. The number of hydrogen-bond acceptors (Lipinski definition) is 4. The van der Waals surface area contributed by atoms with E-state index >= 15 is 0 Å². The van der Waals surface area contributed by atoms with Gasteiger partial charge in [-0.1, -0.05) is 25.7 Å². The number of rotatable bonds is 5. The first kappa shape index (κ1) is 15.8. The van der Waals surface area contributed by atoms with Crippen LogP contribution in [0.3, 0.4) is 0 Å². The molecule has 0 aromatic heterocycles. The highest BCUT2D eigenvalue weighted by atomic mass is 16.6. The summed E-state index contributed by atoms with van der Waals surface area (Å²) >= 11 is 0. The van der Waals surface area contributed by atoms with Gasteiger partial charge in [0.05, 0.1) is 4.92 Å². The summed E-state index contributed by atoms with van der Waals surface area (Å²) in [5.74, 6) is -0.225. The molecule has 6 nitrogen and oxygen atoms in total. The van der Waals surface area contributed by atoms with E-state index in [4.69, 9.17) is 0 Å². The molecule has 0 radical (unpaired) electrons. The number of carbonyl (C=O) groups is 1. The van der Waals surface area contributed by atoms with Crippen molar-refractivity contribution in [1.29, 1.82) is 0 Å². The van der Waals surface area contributed by atoms with Gasteiger partial charge in [0.1, 0.15) is 5.69 Å². The van der Waals surface area contributed by atoms with E-state index in [2.05, 4.69) is 10.6 Å². The Hall–Kier alpha value is -2.11. The molecule has 23 heavy (non-hydrogen) atoms. The van der Waals surface area contributed by atoms with Crippen LogP contribution in [0, 0.1) is 10.1 Å². The average Bonchev–Trinajstić information content (AvgIpc) is 3.35. The summed E-state index contributed by atoms with van der Waals surface area (Å²) in [7, 11) is 0. The lowest BCUT2D eigenvalue weighted by Crippen LogP contribution is -2.25. The number of benzene rings is 1. The van der Waals surface area contributed by atoms with Gasteiger partial charge in [-0.15, -0.1) is 0 Å². The van der Waals surface area contributed by atoms with E-state index in [1.54, 1.807) is 12.1 Å². The standard InChI is InChI=1S/C17H23N3O3/c21-17(19-14-8-9-14)12-7-10-15(16(11-12)20(22)23)18-13-5-3-1-2-4-6-13/h7,10-11,13-14,18H,1-6,8-9H2,(H,19,21). The maximum absolute atomic E-state index is 12.1. The number of anilines is 1. The fraction of sp³-hybridized carbons (Fsp3) is 0.588. The van der Waals surface area contributed by atoms with Crippen LogP contribution in [0.4, 0.5) is 11.4 Å². The van der Waals surface area contributed by atoms with Crippen molar-refractivity contribution >= 4 is 17.3 Å². The number of nitrogens with zero attached hydrogens (tertiary/aromatic N) is 1. The summed E-state index contributed by atoms with van der Waals surface area (Å²) in [5.41, 5.74) is 0.859. The van der Waals surface area contributed by atoms with Gasteiger partial charge in [0.2, 0.25) is 0 Å². The normalized spacial score (nSPS) is 19.0. The van der Waals surface area contributed by atoms with E-state index in [0.717, 1.165) is 38.5 Å². The fourth-order valence-corrected chi connectivity index (χ4v) is 3.09. The molecule has 6 heteroatoms. The molecule has 0 saturated heterocycles. The molecule has 1 aromatic carbocycles. The number of amides is 1. The highest BCUT2D eigenvalue weighted by molar-refractivity contribution is 5.96. The smallest absolute Gasteiger partial charge is 0.293 e. The van der Waals surface area contributed by atoms with Crippen LogP contribution < -0.4 is 10.6 Å². The quantitative estimate of drug-likeness (QED) is 0.493. The molecule has 1 aromatic rings. The van der Waals surface area contributed by atoms with E-state index < -0.39 is 4.92 Å². The minimum atomic E-state index is -0.410. The molecule has 2 fully saturated rings. The molecule has 2 aliphatic rings. The maximum atomic E-state index is 12.1. The van der Waals surface area contributed by atoms with Crippen LogP contribution in [0.2, 0.25) is 0 Å². The largest absolute Gasteiger partial charge is 0.377 e. The van der Waals surface area contributed by atoms with E-state index in [1.165, 1.54) is 18.9 Å². The fourth-order valence-electron chi connectivity index (χ4n) is 3.09. The number of hydrogen-bond donors (Lipinski definition) is 2. The van der Waals surface area contributed by atoms with Crippen molar-refractivity contribution in [2.75, 3.05) is 5.32 Å². The molecule has 0 aliphatic heterocycles. The zero-order valence-corrected chi connectivity index (χ0v) is 13.2. The Morgan fingerprint density at radius 2 is 1.74 bits per heavy atom. The molecule has 2 saturated carbocycles. The Bertz CT molecular complexity index is 591. The number of nitrogens with one attached hydrogen (secondary N) is 2. The lowest BCUT2D eigenvalue weighted by atomic mass is 10.1. The van der Waals surface area contributed by atoms with Crippen molar-refractivity contribution in [2.45, 2.75) is 63.5 Å². The van der Waals surface area contributed by atoms with Gasteiger partial charge < -0.3 is 10.6 Å². The van der Waals surface area contributed by atoms with Gasteiger partial charge in [0.15, 0.2) is 0 Å². The van der Waals surface area contributed by atoms with Crippen LogP contribution in [-0.2, 0) is 0 Å². The van der Waals surface area contributed by atoms with Crippen LogP contribution in [-0.4, -0.2) is 22.9 Å². The van der Waals surface area contributed by atoms with Crippen molar-refractivity contribution in [3.05, 3.63) is 33.9 Å². The Labute approximate surface area is 135 Å². The molecule has 3 rings (SSSR count). The molecule has 0 heterocycles. The Morgan fingerprint density at radius 3 is 2.35 bits per heavy atom. The first-order valence-electron chi connectivity index (χ1n) is 8.49. The topological polar surface area (TPSA) is 84.3 Å². The van der Waals surface area contributed by atoms with Crippen LogP contribution in [0.1, 0.15) is 61.7 Å². The van der Waals surface area contributed by atoms with Crippen molar-refractivity contribution < 1.29 is 9.72 Å². The molecule has 0 bridgehead atoms. The monoisotopic (exact) mass is 317 g/mol. The van der Waals surface area contributed by atoms with Crippen LogP contribution >= 0.6 is 0 Å². The predicted octanol–water partition coefficient (Wildman–Crippen LogP) is 3.62. The minimum absolute atomic E-state index is 0.0160. The van der Waals surface area contributed by atoms with Crippen molar-refractivity contribution in [3.63, 3.8) is 0 Å². The summed E-state index contributed by atoms with van der Waals surface area (Å²) in [6.07, 6.45) is 8.87. The summed E-state index contributed by atoms with van der Waals surface area (Å²) in [6, 6.07) is 5.25. The molecule has 0 unspecified atom stereocenters. The van der Waals surface area contributed by atoms with Crippen molar-refractivity contribution in [1.82, 2.24) is 5.32 Å². The predicted molar refractivity (Wildman–Crippen MR) is 88.7 cm³/mol. The second kappa shape index (κ2) is 6.98. The Morgan fingerprint density at radius 1 is 1.04 bits per heavy atom. The van der Waals surface area contributed by atoms with Crippen LogP contribution in [0.15, 0.2) is 18.2 Å². The van der Waals surface area contributed by atoms with Crippen molar-refractivity contribution in [3.8, 4) is 0 Å². The van der Waals surface area contributed by atoms with Gasteiger partial charge >= 0.3 is 0 Å². The molecular weight excluding hydrogens is 294 g/mol. The number of carbonyl (C=O) groups excluding carboxylic acids is 1. The summed E-state index contributed by atoms with van der Waals surface area (Å²) < 4.78 is 0. The third-order valence-corrected chi connectivity index (χ3v) is 4.58. The van der Waals surface area contributed by atoms with Gasteiger partial charge in [-0.25, -0.2) is 0 Å². The van der Waals surface area contributed by atoms with E-state index in [0.29, 0.717) is 11.3 Å². The number of nitro benzene ring substituents is 1. The third kappa shape index (κ3) is 4.21. The summed E-state index contributed by atoms with van der Waals surface area (Å²) in [5, 5.41) is 17.6. The SMILES string of the molecule is O=C(NC1CC1)c1ccc(NC2CCCCCC2)c([N+](=O)[O-])c1. The van der Waals surface area contributed by atoms with Gasteiger partial charge in [0, 0.05) is 23.7 Å². The molecule has 1 amide bonds. The maximum Gasteiger partial charge on any atom is 0.293 e. The molecule has 2 aliphatic carbocycles. The van der Waals surface area contributed by atoms with E-state index in [-0.39, 0.29) is 23.7 Å². The molecule has 2 N–H and O–H groups in total. The lowest BCUT2D eigenvalue weighted by molar-refractivity contribution is -0.384. The van der Waals surface area contributed by atoms with E-state index in [9.17, 15) is 14.9 Å². The molecule has 124 valence electrons. The summed E-state index contributed by atoms with van der Waals surface area (Å²) in [4.78, 5) is 23.0. The molecule has 0 spiro atoms. The Balaban J connectivity index is 1.75. The molecular formula is C17H23N3O3.